The van der Waals surface area contributed by atoms with Gasteiger partial charge in [-0.3, -0.25) is 4.79 Å². The molecule has 0 spiro atoms. The van der Waals surface area contributed by atoms with E-state index in [1.165, 1.54) is 37.4 Å². The molecular weight excluding hydrogens is 202 g/mol. The Balaban J connectivity index is 1.95. The summed E-state index contributed by atoms with van der Waals surface area (Å²) in [6.07, 6.45) is 4.98. The van der Waals surface area contributed by atoms with E-state index in [1.807, 2.05) is 0 Å². The van der Waals surface area contributed by atoms with Gasteiger partial charge in [-0.2, -0.15) is 0 Å². The molecule has 0 aromatic heterocycles. The van der Waals surface area contributed by atoms with Crippen molar-refractivity contribution in [1.82, 2.24) is 4.90 Å². The maximum atomic E-state index is 10.8. The summed E-state index contributed by atoms with van der Waals surface area (Å²) in [6, 6.07) is 1.45. The van der Waals surface area contributed by atoms with E-state index in [9.17, 15) is 4.79 Å². The number of hydrogen-bond acceptors (Lipinski definition) is 3. The summed E-state index contributed by atoms with van der Waals surface area (Å²) in [4.78, 5) is 13.3. The minimum atomic E-state index is -0.0195. The largest absolute Gasteiger partial charge is 0.300 e. The smallest absolute Gasteiger partial charge is 0.243 e. The summed E-state index contributed by atoms with van der Waals surface area (Å²) in [7, 11) is 2.21. The van der Waals surface area contributed by atoms with Gasteiger partial charge in [0.15, 0.2) is 0 Å². The summed E-state index contributed by atoms with van der Waals surface area (Å²) in [6.45, 7) is 0. The van der Waals surface area contributed by atoms with E-state index in [1.54, 1.807) is 0 Å². The molecule has 0 amide bonds. The third-order valence-corrected chi connectivity index (χ3v) is 4.56. The maximum Gasteiger partial charge on any atom is 0.243 e. The van der Waals surface area contributed by atoms with Crippen LogP contribution in [0.15, 0.2) is 0 Å². The monoisotopic (exact) mass is 217 g/mol. The Labute approximate surface area is 88.8 Å². The first-order valence-electron chi connectivity index (χ1n) is 4.78. The van der Waals surface area contributed by atoms with Crippen molar-refractivity contribution < 1.29 is 4.79 Å². The Kier molecular flexibility index (Phi) is 2.91. The first-order valence-corrected chi connectivity index (χ1v) is 6.11. The minimum absolute atomic E-state index is 0.0195. The molecule has 2 saturated heterocycles. The highest BCUT2D eigenvalue weighted by atomic mass is 32.2. The normalized spacial score (nSPS) is 39.4. The second-order valence-electron chi connectivity index (χ2n) is 4.03. The third-order valence-electron chi connectivity index (χ3n) is 3.32. The lowest BCUT2D eigenvalue weighted by molar-refractivity contribution is 0.183. The van der Waals surface area contributed by atoms with Crippen LogP contribution >= 0.6 is 24.4 Å². The first kappa shape index (κ1) is 9.87. The van der Waals surface area contributed by atoms with Gasteiger partial charge in [0.2, 0.25) is 4.45 Å². The molecule has 0 radical (unpaired) electrons. The van der Waals surface area contributed by atoms with E-state index in [2.05, 4.69) is 24.6 Å². The van der Waals surface area contributed by atoms with Gasteiger partial charge in [0, 0.05) is 17.3 Å². The average Bonchev–Trinajstić information content (AvgIpc) is 2.33. The zero-order chi connectivity index (χ0) is 9.42. The van der Waals surface area contributed by atoms with Crippen LogP contribution in [0.3, 0.4) is 0 Å². The van der Waals surface area contributed by atoms with Gasteiger partial charge in [0.1, 0.15) is 0 Å². The van der Waals surface area contributed by atoms with Crippen LogP contribution < -0.4 is 0 Å². The van der Waals surface area contributed by atoms with Crippen molar-refractivity contribution in [3.63, 3.8) is 0 Å². The molecule has 3 atom stereocenters. The van der Waals surface area contributed by atoms with E-state index >= 15 is 0 Å². The number of nitrogens with zero attached hydrogens (tertiary/aromatic N) is 1. The molecule has 0 aliphatic carbocycles. The fourth-order valence-electron chi connectivity index (χ4n) is 2.60. The second kappa shape index (κ2) is 3.83. The summed E-state index contributed by atoms with van der Waals surface area (Å²) in [5.41, 5.74) is 0. The van der Waals surface area contributed by atoms with Gasteiger partial charge in [0.05, 0.1) is 0 Å². The predicted octanol–water partition coefficient (Wildman–Crippen LogP) is 2.39. The molecule has 2 aliphatic rings. The van der Waals surface area contributed by atoms with Crippen LogP contribution in [0.25, 0.3) is 0 Å². The summed E-state index contributed by atoms with van der Waals surface area (Å²) >= 11 is 5.24. The quantitative estimate of drug-likeness (QED) is 0.681. The zero-order valence-electron chi connectivity index (χ0n) is 7.77. The van der Waals surface area contributed by atoms with Crippen molar-refractivity contribution in [2.75, 3.05) is 7.05 Å². The molecule has 2 fully saturated rings. The number of carbonyl (C=O) groups excluding carboxylic acids is 1. The number of fused-ring (bicyclic) bond motifs is 2. The summed E-state index contributed by atoms with van der Waals surface area (Å²) in [5.74, 6) is 0. The highest BCUT2D eigenvalue weighted by Crippen LogP contribution is 2.39. The maximum absolute atomic E-state index is 10.8. The molecule has 13 heavy (non-hydrogen) atoms. The lowest BCUT2D eigenvalue weighted by Crippen LogP contribution is -2.41. The lowest BCUT2D eigenvalue weighted by Gasteiger charge is -2.35. The van der Waals surface area contributed by atoms with Crippen LogP contribution in [0.4, 0.5) is 4.79 Å². The molecule has 2 bridgehead atoms. The number of rotatable bonds is 1. The van der Waals surface area contributed by atoms with Gasteiger partial charge in [-0.05, 0) is 32.7 Å². The van der Waals surface area contributed by atoms with E-state index in [0.29, 0.717) is 5.25 Å². The molecule has 0 N–H and O–H groups in total. The molecule has 2 nitrogen and oxygen atoms in total. The van der Waals surface area contributed by atoms with Crippen molar-refractivity contribution in [3.05, 3.63) is 0 Å². The van der Waals surface area contributed by atoms with Crippen molar-refractivity contribution in [2.45, 2.75) is 43.0 Å². The van der Waals surface area contributed by atoms with Crippen LogP contribution in [0.2, 0.25) is 0 Å². The van der Waals surface area contributed by atoms with Gasteiger partial charge >= 0.3 is 0 Å². The lowest BCUT2D eigenvalue weighted by atomic mass is 10.0. The Hall–Kier alpha value is 0.330. The molecule has 1 unspecified atom stereocenters. The Morgan fingerprint density at radius 1 is 1.38 bits per heavy atom. The third kappa shape index (κ3) is 2.05. The summed E-state index contributed by atoms with van der Waals surface area (Å²) < 4.78 is -0.0195. The number of hydrogen-bond donors (Lipinski definition) is 1. The zero-order valence-corrected chi connectivity index (χ0v) is 9.48. The fourth-order valence-corrected chi connectivity index (χ4v) is 3.97. The highest BCUT2D eigenvalue weighted by molar-refractivity contribution is 8.32. The highest BCUT2D eigenvalue weighted by Gasteiger charge is 2.38. The predicted molar refractivity (Wildman–Crippen MR) is 59.6 cm³/mol. The van der Waals surface area contributed by atoms with Gasteiger partial charge in [-0.1, -0.05) is 24.4 Å². The average molecular weight is 217 g/mol. The van der Waals surface area contributed by atoms with Crippen molar-refractivity contribution in [1.29, 1.82) is 0 Å². The molecule has 2 heterocycles. The van der Waals surface area contributed by atoms with Crippen LogP contribution in [0, 0.1) is 0 Å². The van der Waals surface area contributed by atoms with Crippen LogP contribution in [0.5, 0.6) is 0 Å². The van der Waals surface area contributed by atoms with Gasteiger partial charge < -0.3 is 4.90 Å². The Morgan fingerprint density at radius 3 is 2.38 bits per heavy atom. The first-order chi connectivity index (χ1) is 6.16. The van der Waals surface area contributed by atoms with Gasteiger partial charge in [-0.15, -0.1) is 0 Å². The fraction of sp³-hybridized carbons (Fsp3) is 0.889. The van der Waals surface area contributed by atoms with Crippen molar-refractivity contribution >= 4 is 28.8 Å². The van der Waals surface area contributed by atoms with Crippen LogP contribution in [0.1, 0.15) is 25.7 Å². The van der Waals surface area contributed by atoms with Crippen molar-refractivity contribution in [3.8, 4) is 0 Å². The van der Waals surface area contributed by atoms with Crippen LogP contribution in [-0.2, 0) is 0 Å². The minimum Gasteiger partial charge on any atom is -0.300 e. The number of thioether (sulfide) groups is 1. The summed E-state index contributed by atoms with van der Waals surface area (Å²) in [5, 5.41) is 0.527. The second-order valence-corrected chi connectivity index (χ2v) is 6.01. The number of thiol groups is 1. The number of piperidine rings is 1. The Bertz CT molecular complexity index is 208. The molecule has 0 aromatic carbocycles. The molecule has 0 saturated carbocycles. The molecular formula is C9H15NOS2. The molecule has 2 rings (SSSR count). The van der Waals surface area contributed by atoms with E-state index in [4.69, 9.17) is 0 Å². The van der Waals surface area contributed by atoms with E-state index < -0.39 is 0 Å². The van der Waals surface area contributed by atoms with Gasteiger partial charge in [-0.25, -0.2) is 0 Å². The Morgan fingerprint density at radius 2 is 1.92 bits per heavy atom. The van der Waals surface area contributed by atoms with Crippen LogP contribution in [-0.4, -0.2) is 33.7 Å². The molecule has 4 heteroatoms. The standard InChI is InChI=1S/C9H15NOS2/c1-10-6-2-3-7(10)5-8(4-6)13-9(11)12/h6-8H,2-5H2,1H3,(H,11,12)/t6-,7+,8?. The van der Waals surface area contributed by atoms with Crippen molar-refractivity contribution in [2.24, 2.45) is 0 Å². The topological polar surface area (TPSA) is 20.3 Å². The van der Waals surface area contributed by atoms with E-state index in [-0.39, 0.29) is 4.45 Å². The molecule has 74 valence electrons. The van der Waals surface area contributed by atoms with Gasteiger partial charge in [0.25, 0.3) is 0 Å². The molecule has 0 aromatic rings. The SMILES string of the molecule is CN1[C@@H]2CC[C@H]1CC(SC(=O)S)C2. The molecule has 2 aliphatic heterocycles. The number of carbonyl (C=O) groups is 1. The van der Waals surface area contributed by atoms with E-state index in [0.717, 1.165) is 12.1 Å².